The van der Waals surface area contributed by atoms with E-state index in [1.165, 1.54) is 4.90 Å². The standard InChI is InChI=1S/C20H20ClN3O3/c21-18-14-3-1-2-4-16(14)22-17-7-11(5-6-15(17)18)19(25)24-12-8-13(24)10-23(9-12)20(26)27/h5-7,12-13H,1-4,8-10H2,(H,26,27). The molecule has 27 heavy (non-hydrogen) atoms. The summed E-state index contributed by atoms with van der Waals surface area (Å²) in [6.07, 6.45) is 4.13. The fourth-order valence-electron chi connectivity index (χ4n) is 4.75. The molecular weight excluding hydrogens is 366 g/mol. The fraction of sp³-hybridized carbons (Fsp3) is 0.450. The van der Waals surface area contributed by atoms with E-state index in [9.17, 15) is 9.59 Å². The van der Waals surface area contributed by atoms with Gasteiger partial charge in [0, 0.05) is 29.7 Å². The molecule has 6 nitrogen and oxygen atoms in total. The van der Waals surface area contributed by atoms with Crippen LogP contribution in [0.1, 0.15) is 40.9 Å². The number of fused-ring (bicyclic) bond motifs is 4. The fourth-order valence-corrected chi connectivity index (χ4v) is 5.11. The van der Waals surface area contributed by atoms with Crippen LogP contribution < -0.4 is 0 Å². The topological polar surface area (TPSA) is 73.7 Å². The smallest absolute Gasteiger partial charge is 0.407 e. The van der Waals surface area contributed by atoms with Gasteiger partial charge in [0.1, 0.15) is 0 Å². The monoisotopic (exact) mass is 385 g/mol. The van der Waals surface area contributed by atoms with Gasteiger partial charge in [-0.3, -0.25) is 9.78 Å². The molecule has 6 rings (SSSR count). The van der Waals surface area contributed by atoms with Gasteiger partial charge in [-0.2, -0.15) is 0 Å². The number of aryl methyl sites for hydroxylation is 1. The van der Waals surface area contributed by atoms with E-state index in [1.807, 2.05) is 23.1 Å². The molecule has 7 heteroatoms. The molecule has 3 fully saturated rings. The van der Waals surface area contributed by atoms with Crippen molar-refractivity contribution in [2.75, 3.05) is 13.1 Å². The second-order valence-corrected chi connectivity index (χ2v) is 8.11. The summed E-state index contributed by atoms with van der Waals surface area (Å²) >= 11 is 6.62. The summed E-state index contributed by atoms with van der Waals surface area (Å²) in [4.78, 5) is 32.2. The SMILES string of the molecule is O=C(O)N1CC2CC(C1)N2C(=O)c1ccc2c(Cl)c3c(nc2c1)CCCC3. The summed E-state index contributed by atoms with van der Waals surface area (Å²) in [6, 6.07) is 5.50. The van der Waals surface area contributed by atoms with Gasteiger partial charge < -0.3 is 14.9 Å². The lowest BCUT2D eigenvalue weighted by Crippen LogP contribution is -2.70. The maximum Gasteiger partial charge on any atom is 0.407 e. The summed E-state index contributed by atoms with van der Waals surface area (Å²) in [7, 11) is 0. The van der Waals surface area contributed by atoms with Gasteiger partial charge in [0.2, 0.25) is 0 Å². The molecule has 2 atom stereocenters. The summed E-state index contributed by atoms with van der Waals surface area (Å²) in [5.41, 5.74) is 3.58. The highest BCUT2D eigenvalue weighted by atomic mass is 35.5. The molecule has 0 spiro atoms. The van der Waals surface area contributed by atoms with Crippen molar-refractivity contribution in [1.82, 2.24) is 14.8 Å². The third-order valence-electron chi connectivity index (χ3n) is 6.14. The molecule has 1 aromatic carbocycles. The quantitative estimate of drug-likeness (QED) is 0.817. The zero-order valence-corrected chi connectivity index (χ0v) is 15.6. The number of carboxylic acid groups (broad SMARTS) is 1. The van der Waals surface area contributed by atoms with Gasteiger partial charge in [0.05, 0.1) is 22.6 Å². The summed E-state index contributed by atoms with van der Waals surface area (Å²) < 4.78 is 0. The van der Waals surface area contributed by atoms with Crippen molar-refractivity contribution in [3.8, 4) is 0 Å². The first kappa shape index (κ1) is 16.8. The number of hydrogen-bond donors (Lipinski definition) is 1. The van der Waals surface area contributed by atoms with Gasteiger partial charge >= 0.3 is 6.09 Å². The molecule has 140 valence electrons. The minimum absolute atomic E-state index is 0.0249. The molecular formula is C20H20ClN3O3. The van der Waals surface area contributed by atoms with Gasteiger partial charge in [0.15, 0.2) is 0 Å². The Balaban J connectivity index is 1.46. The zero-order valence-electron chi connectivity index (χ0n) is 14.8. The number of benzene rings is 1. The Morgan fingerprint density at radius 3 is 2.63 bits per heavy atom. The van der Waals surface area contributed by atoms with Crippen molar-refractivity contribution in [2.24, 2.45) is 0 Å². The minimum Gasteiger partial charge on any atom is -0.465 e. The number of pyridine rings is 1. The number of rotatable bonds is 1. The molecule has 1 aromatic heterocycles. The van der Waals surface area contributed by atoms with Gasteiger partial charge in [0.25, 0.3) is 5.91 Å². The summed E-state index contributed by atoms with van der Waals surface area (Å²) in [5, 5.41) is 10.8. The maximum atomic E-state index is 13.0. The number of carbonyl (C=O) groups excluding carboxylic acids is 1. The Bertz CT molecular complexity index is 965. The lowest BCUT2D eigenvalue weighted by Gasteiger charge is -2.55. The van der Waals surface area contributed by atoms with Crippen molar-refractivity contribution in [1.29, 1.82) is 0 Å². The number of halogens is 1. The number of nitrogens with zero attached hydrogens (tertiary/aromatic N) is 3. The van der Waals surface area contributed by atoms with Gasteiger partial charge in [-0.15, -0.1) is 0 Å². The Hall–Kier alpha value is -2.34. The number of amides is 2. The maximum absolute atomic E-state index is 13.0. The molecule has 4 aliphatic rings. The van der Waals surface area contributed by atoms with E-state index in [0.717, 1.165) is 59.3 Å². The number of hydrogen-bond acceptors (Lipinski definition) is 3. The second-order valence-electron chi connectivity index (χ2n) is 7.73. The molecule has 0 saturated carbocycles. The number of carbonyl (C=O) groups is 2. The van der Waals surface area contributed by atoms with Crippen LogP contribution in [0.15, 0.2) is 18.2 Å². The highest BCUT2D eigenvalue weighted by Gasteiger charge is 2.48. The van der Waals surface area contributed by atoms with Crippen molar-refractivity contribution < 1.29 is 14.7 Å². The molecule has 2 unspecified atom stereocenters. The first-order chi connectivity index (χ1) is 13.0. The molecule has 2 amide bonds. The van der Waals surface area contributed by atoms with Gasteiger partial charge in [-0.1, -0.05) is 17.7 Å². The lowest BCUT2D eigenvalue weighted by atomic mass is 9.86. The van der Waals surface area contributed by atoms with Crippen LogP contribution in [0.5, 0.6) is 0 Å². The van der Waals surface area contributed by atoms with Crippen LogP contribution in [0.3, 0.4) is 0 Å². The summed E-state index contributed by atoms with van der Waals surface area (Å²) in [5.74, 6) is -0.0427. The Morgan fingerprint density at radius 1 is 1.15 bits per heavy atom. The summed E-state index contributed by atoms with van der Waals surface area (Å²) in [6.45, 7) is 0.783. The van der Waals surface area contributed by atoms with Gasteiger partial charge in [-0.05, 0) is 49.8 Å². The van der Waals surface area contributed by atoms with E-state index in [2.05, 4.69) is 0 Å². The average molecular weight is 386 g/mol. The minimum atomic E-state index is -0.911. The normalized spacial score (nSPS) is 23.7. The highest BCUT2D eigenvalue weighted by molar-refractivity contribution is 6.36. The Labute approximate surface area is 161 Å². The van der Waals surface area contributed by atoms with Crippen molar-refractivity contribution in [3.63, 3.8) is 0 Å². The predicted octanol–water partition coefficient (Wildman–Crippen LogP) is 3.34. The van der Waals surface area contributed by atoms with Crippen LogP contribution in [0.2, 0.25) is 5.02 Å². The van der Waals surface area contributed by atoms with E-state index in [0.29, 0.717) is 18.7 Å². The molecule has 4 heterocycles. The van der Waals surface area contributed by atoms with Crippen molar-refractivity contribution in [2.45, 2.75) is 44.2 Å². The number of piperazine rings is 1. The third-order valence-corrected chi connectivity index (χ3v) is 6.57. The average Bonchev–Trinajstić information content (AvgIpc) is 2.67. The Kier molecular flexibility index (Phi) is 3.79. The Morgan fingerprint density at radius 2 is 1.89 bits per heavy atom. The molecule has 3 saturated heterocycles. The van der Waals surface area contributed by atoms with E-state index in [1.54, 1.807) is 0 Å². The molecule has 2 aromatic rings. The number of piperidine rings is 1. The van der Waals surface area contributed by atoms with Crippen LogP contribution >= 0.6 is 11.6 Å². The molecule has 1 N–H and O–H groups in total. The van der Waals surface area contributed by atoms with E-state index in [4.69, 9.17) is 21.7 Å². The van der Waals surface area contributed by atoms with E-state index in [-0.39, 0.29) is 18.0 Å². The van der Waals surface area contributed by atoms with Crippen LogP contribution in [-0.4, -0.2) is 57.1 Å². The van der Waals surface area contributed by atoms with Gasteiger partial charge in [-0.25, -0.2) is 4.79 Å². The van der Waals surface area contributed by atoms with Crippen LogP contribution in [0, 0.1) is 0 Å². The van der Waals surface area contributed by atoms with Crippen molar-refractivity contribution >= 4 is 34.5 Å². The van der Waals surface area contributed by atoms with E-state index < -0.39 is 6.09 Å². The van der Waals surface area contributed by atoms with E-state index >= 15 is 0 Å². The lowest BCUT2D eigenvalue weighted by molar-refractivity contribution is -0.0408. The van der Waals surface area contributed by atoms with Crippen molar-refractivity contribution in [3.05, 3.63) is 40.0 Å². The van der Waals surface area contributed by atoms with Crippen LogP contribution in [0.25, 0.3) is 10.9 Å². The molecule has 1 aliphatic carbocycles. The first-order valence-electron chi connectivity index (χ1n) is 9.44. The second kappa shape index (κ2) is 6.09. The largest absolute Gasteiger partial charge is 0.465 e. The van der Waals surface area contributed by atoms with Crippen LogP contribution in [-0.2, 0) is 12.8 Å². The first-order valence-corrected chi connectivity index (χ1v) is 9.82. The number of aromatic nitrogens is 1. The molecule has 0 radical (unpaired) electrons. The molecule has 2 bridgehead atoms. The highest BCUT2D eigenvalue weighted by Crippen LogP contribution is 2.36. The van der Waals surface area contributed by atoms with Crippen LogP contribution in [0.4, 0.5) is 4.79 Å². The predicted molar refractivity (Wildman–Crippen MR) is 101 cm³/mol. The third kappa shape index (κ3) is 2.57. The molecule has 3 aliphatic heterocycles. The zero-order chi connectivity index (χ0) is 18.7.